The Kier molecular flexibility index (Phi) is 2.59. The normalized spacial score (nSPS) is 26.0. The minimum absolute atomic E-state index is 0.896. The molecule has 1 aliphatic heterocycles. The molecule has 0 aromatic rings. The molecule has 0 saturated heterocycles. The largest absolute Gasteiger partial charge is 0.244 e. The fourth-order valence-corrected chi connectivity index (χ4v) is 0.592. The van der Waals surface area contributed by atoms with E-state index in [1.807, 2.05) is 0 Å². The first-order valence-corrected chi connectivity index (χ1v) is 2.86. The van der Waals surface area contributed by atoms with Gasteiger partial charge in [-0.25, -0.2) is 10.9 Å². The Morgan fingerprint density at radius 3 is 3.12 bits per heavy atom. The molecule has 1 heterocycles. The van der Waals surface area contributed by atoms with Gasteiger partial charge < -0.3 is 0 Å². The van der Waals surface area contributed by atoms with Crippen LogP contribution >= 0.6 is 0 Å². The molecule has 0 saturated carbocycles. The minimum Gasteiger partial charge on any atom is -0.244 e. The van der Waals surface area contributed by atoms with E-state index in [4.69, 9.17) is 0 Å². The highest BCUT2D eigenvalue weighted by molar-refractivity contribution is 4.84. The molecular formula is C5H11N3. The Morgan fingerprint density at radius 1 is 1.12 bits per heavy atom. The molecule has 1 aliphatic rings. The lowest BCUT2D eigenvalue weighted by Gasteiger charge is -2.07. The van der Waals surface area contributed by atoms with E-state index in [1.54, 1.807) is 0 Å². The molecule has 3 heteroatoms. The molecule has 3 nitrogen and oxygen atoms in total. The zero-order chi connectivity index (χ0) is 5.66. The molecule has 0 unspecified atom stereocenters. The summed E-state index contributed by atoms with van der Waals surface area (Å²) in [4.78, 5) is 0. The molecule has 0 bridgehead atoms. The second kappa shape index (κ2) is 3.60. The van der Waals surface area contributed by atoms with Crippen LogP contribution in [-0.2, 0) is 0 Å². The summed E-state index contributed by atoms with van der Waals surface area (Å²) in [5.41, 5.74) is 8.75. The van der Waals surface area contributed by atoms with Crippen molar-refractivity contribution < 1.29 is 0 Å². The molecule has 0 aliphatic carbocycles. The lowest BCUT2D eigenvalue weighted by Crippen LogP contribution is -2.44. The average Bonchev–Trinajstić information content (AvgIpc) is 1.62. The lowest BCUT2D eigenvalue weighted by atomic mass is 10.4. The van der Waals surface area contributed by atoms with Gasteiger partial charge in [-0.1, -0.05) is 12.2 Å². The molecular weight excluding hydrogens is 102 g/mol. The van der Waals surface area contributed by atoms with Gasteiger partial charge in [0.2, 0.25) is 0 Å². The number of nitrogens with one attached hydrogen (secondary N) is 3. The Labute approximate surface area is 49.1 Å². The molecule has 0 spiro atoms. The van der Waals surface area contributed by atoms with E-state index in [-0.39, 0.29) is 0 Å². The molecule has 1 rings (SSSR count). The van der Waals surface area contributed by atoms with E-state index < -0.39 is 0 Å². The number of hydrogen-bond donors (Lipinski definition) is 3. The molecule has 0 atom stereocenters. The lowest BCUT2D eigenvalue weighted by molar-refractivity contribution is 0.451. The van der Waals surface area contributed by atoms with Crippen molar-refractivity contribution in [2.24, 2.45) is 0 Å². The first kappa shape index (κ1) is 5.75. The van der Waals surface area contributed by atoms with Crippen molar-refractivity contribution in [1.82, 2.24) is 16.4 Å². The van der Waals surface area contributed by atoms with E-state index in [0.717, 1.165) is 19.5 Å². The zero-order valence-corrected chi connectivity index (χ0v) is 4.78. The molecule has 0 fully saturated rings. The van der Waals surface area contributed by atoms with Crippen LogP contribution in [0.5, 0.6) is 0 Å². The Hall–Kier alpha value is -0.380. The monoisotopic (exact) mass is 113 g/mol. The zero-order valence-electron chi connectivity index (χ0n) is 4.78. The highest BCUT2D eigenvalue weighted by Gasteiger charge is 1.84. The van der Waals surface area contributed by atoms with Crippen LogP contribution in [0.4, 0.5) is 0 Å². The summed E-state index contributed by atoms with van der Waals surface area (Å²) < 4.78 is 0. The van der Waals surface area contributed by atoms with Gasteiger partial charge in [-0.3, -0.25) is 0 Å². The summed E-state index contributed by atoms with van der Waals surface area (Å²) in [7, 11) is 0. The summed E-state index contributed by atoms with van der Waals surface area (Å²) in [5, 5.41) is 0. The molecule has 8 heavy (non-hydrogen) atoms. The first-order chi connectivity index (χ1) is 4.00. The van der Waals surface area contributed by atoms with Gasteiger partial charge in [-0.2, -0.15) is 5.53 Å². The number of hydrazine groups is 2. The van der Waals surface area contributed by atoms with Gasteiger partial charge in [0.25, 0.3) is 0 Å². The summed E-state index contributed by atoms with van der Waals surface area (Å²) >= 11 is 0. The van der Waals surface area contributed by atoms with Crippen molar-refractivity contribution in [3.63, 3.8) is 0 Å². The van der Waals surface area contributed by atoms with Crippen molar-refractivity contribution >= 4 is 0 Å². The van der Waals surface area contributed by atoms with Crippen LogP contribution in [0.15, 0.2) is 12.2 Å². The van der Waals surface area contributed by atoms with E-state index in [1.165, 1.54) is 0 Å². The van der Waals surface area contributed by atoms with Crippen molar-refractivity contribution in [3.8, 4) is 0 Å². The van der Waals surface area contributed by atoms with Gasteiger partial charge in [0, 0.05) is 13.1 Å². The van der Waals surface area contributed by atoms with Crippen LogP contribution in [-0.4, -0.2) is 13.1 Å². The third-order valence-corrected chi connectivity index (χ3v) is 0.999. The number of hydrogen-bond acceptors (Lipinski definition) is 3. The van der Waals surface area contributed by atoms with Crippen LogP contribution in [0.3, 0.4) is 0 Å². The van der Waals surface area contributed by atoms with E-state index in [9.17, 15) is 0 Å². The van der Waals surface area contributed by atoms with Crippen LogP contribution < -0.4 is 16.4 Å². The van der Waals surface area contributed by atoms with Gasteiger partial charge in [-0.05, 0) is 6.42 Å². The number of rotatable bonds is 0. The molecule has 3 N–H and O–H groups in total. The van der Waals surface area contributed by atoms with Crippen LogP contribution in [0, 0.1) is 0 Å². The van der Waals surface area contributed by atoms with E-state index >= 15 is 0 Å². The Bertz CT molecular complexity index is 69.7. The quantitative estimate of drug-likeness (QED) is 0.372. The maximum Gasteiger partial charge on any atom is 0.0294 e. The van der Waals surface area contributed by atoms with Crippen LogP contribution in [0.25, 0.3) is 0 Å². The smallest absolute Gasteiger partial charge is 0.0294 e. The first-order valence-electron chi connectivity index (χ1n) is 2.86. The fraction of sp³-hybridized carbons (Fsp3) is 0.600. The van der Waals surface area contributed by atoms with Crippen LogP contribution in [0.1, 0.15) is 6.42 Å². The standard InChI is InChI=1S/C5H11N3/c1-2-4-6-8-7-5-3-1/h1-2,6-8H,3-5H2/b2-1-. The van der Waals surface area contributed by atoms with E-state index in [0.29, 0.717) is 0 Å². The predicted molar refractivity (Wildman–Crippen MR) is 32.9 cm³/mol. The maximum absolute atomic E-state index is 2.97. The van der Waals surface area contributed by atoms with Crippen molar-refractivity contribution in [2.75, 3.05) is 13.1 Å². The third kappa shape index (κ3) is 2.07. The molecule has 46 valence electrons. The van der Waals surface area contributed by atoms with Crippen molar-refractivity contribution in [3.05, 3.63) is 12.2 Å². The Morgan fingerprint density at radius 2 is 2.12 bits per heavy atom. The Balaban J connectivity index is 2.17. The second-order valence-electron chi connectivity index (χ2n) is 1.69. The summed E-state index contributed by atoms with van der Waals surface area (Å²) in [6.45, 7) is 1.89. The highest BCUT2D eigenvalue weighted by atomic mass is 15.6. The van der Waals surface area contributed by atoms with Crippen LogP contribution in [0.2, 0.25) is 0 Å². The topological polar surface area (TPSA) is 36.1 Å². The third-order valence-electron chi connectivity index (χ3n) is 0.999. The average molecular weight is 113 g/mol. The van der Waals surface area contributed by atoms with Gasteiger partial charge in [-0.15, -0.1) is 0 Å². The van der Waals surface area contributed by atoms with Gasteiger partial charge in [0.1, 0.15) is 0 Å². The van der Waals surface area contributed by atoms with Gasteiger partial charge in [0.15, 0.2) is 0 Å². The summed E-state index contributed by atoms with van der Waals surface area (Å²) in [6, 6.07) is 0. The molecule has 0 aromatic carbocycles. The van der Waals surface area contributed by atoms with E-state index in [2.05, 4.69) is 28.5 Å². The predicted octanol–water partition coefficient (Wildman–Crippen LogP) is -0.455. The molecule has 0 radical (unpaired) electrons. The minimum atomic E-state index is 0.896. The molecule has 0 amide bonds. The highest BCUT2D eigenvalue weighted by Crippen LogP contribution is 1.79. The van der Waals surface area contributed by atoms with Gasteiger partial charge >= 0.3 is 0 Å². The second-order valence-corrected chi connectivity index (χ2v) is 1.69. The fourth-order valence-electron chi connectivity index (χ4n) is 0.592. The molecule has 0 aromatic heterocycles. The van der Waals surface area contributed by atoms with Crippen molar-refractivity contribution in [1.29, 1.82) is 0 Å². The van der Waals surface area contributed by atoms with Crippen molar-refractivity contribution in [2.45, 2.75) is 6.42 Å². The summed E-state index contributed by atoms with van der Waals surface area (Å²) in [5.74, 6) is 0. The SMILES string of the molecule is C1=C\CNNNCC/1. The maximum atomic E-state index is 2.97. The van der Waals surface area contributed by atoms with Gasteiger partial charge in [0.05, 0.1) is 0 Å². The summed E-state index contributed by atoms with van der Waals surface area (Å²) in [6.07, 6.45) is 5.36.